The minimum atomic E-state index is -2.89. The molecule has 3 rings (SSSR count). The lowest BCUT2D eigenvalue weighted by Crippen LogP contribution is -2.47. The van der Waals surface area contributed by atoms with E-state index in [0.29, 0.717) is 12.5 Å². The molecule has 1 aromatic rings. The van der Waals surface area contributed by atoms with Crippen LogP contribution < -0.4 is 10.6 Å². The van der Waals surface area contributed by atoms with Gasteiger partial charge in [-0.05, 0) is 32.4 Å². The number of hydrogen-bond donors (Lipinski definition) is 2. The molecule has 170 valence electrons. The van der Waals surface area contributed by atoms with E-state index in [1.807, 2.05) is 6.92 Å². The summed E-state index contributed by atoms with van der Waals surface area (Å²) in [4.78, 5) is 9.65. The lowest BCUT2D eigenvalue weighted by molar-refractivity contribution is 0.0894. The Labute approximate surface area is 198 Å². The number of benzene rings is 1. The molecule has 2 atom stereocenters. The van der Waals surface area contributed by atoms with E-state index in [9.17, 15) is 8.42 Å². The van der Waals surface area contributed by atoms with Gasteiger partial charge in [0.05, 0.1) is 11.5 Å². The van der Waals surface area contributed by atoms with E-state index in [-0.39, 0.29) is 41.5 Å². The highest BCUT2D eigenvalue weighted by molar-refractivity contribution is 14.0. The van der Waals surface area contributed by atoms with Crippen molar-refractivity contribution < 1.29 is 8.42 Å². The minimum absolute atomic E-state index is 0. The van der Waals surface area contributed by atoms with E-state index in [1.54, 1.807) is 0 Å². The standard InChI is InChI=1S/C21H35N5O2S.HI/c1-3-22-21(24-19-10-15-29(27,28)17-19)23-11-7-12-26-14-13-25(2)16-20(26)18-8-5-4-6-9-18;/h4-6,8-9,19-20H,3,7,10-17H2,1-2H3,(H2,22,23,24);1H. The molecule has 1 aromatic carbocycles. The van der Waals surface area contributed by atoms with Crippen molar-refractivity contribution in [1.82, 2.24) is 20.4 Å². The van der Waals surface area contributed by atoms with Gasteiger partial charge in [0.1, 0.15) is 0 Å². The second-order valence-corrected chi connectivity index (χ2v) is 10.3. The number of likely N-dealkylation sites (N-methyl/N-ethyl adjacent to an activating group) is 1. The van der Waals surface area contributed by atoms with E-state index >= 15 is 0 Å². The van der Waals surface area contributed by atoms with Crippen molar-refractivity contribution in [2.75, 3.05) is 57.8 Å². The van der Waals surface area contributed by atoms with Gasteiger partial charge in [-0.3, -0.25) is 9.89 Å². The minimum Gasteiger partial charge on any atom is -0.357 e. The Morgan fingerprint density at radius 3 is 2.67 bits per heavy atom. The molecule has 0 amide bonds. The molecule has 0 radical (unpaired) electrons. The molecule has 2 fully saturated rings. The van der Waals surface area contributed by atoms with Gasteiger partial charge in [-0.15, -0.1) is 24.0 Å². The number of nitrogens with zero attached hydrogens (tertiary/aromatic N) is 3. The van der Waals surface area contributed by atoms with Crippen molar-refractivity contribution in [2.45, 2.75) is 31.8 Å². The maximum atomic E-state index is 11.7. The van der Waals surface area contributed by atoms with Crippen LogP contribution in [0.1, 0.15) is 31.4 Å². The summed E-state index contributed by atoms with van der Waals surface area (Å²) in [6, 6.07) is 11.1. The first-order valence-corrected chi connectivity index (χ1v) is 12.5. The summed E-state index contributed by atoms with van der Waals surface area (Å²) in [5.41, 5.74) is 1.37. The van der Waals surface area contributed by atoms with Gasteiger partial charge in [0, 0.05) is 51.4 Å². The topological polar surface area (TPSA) is 77.0 Å². The van der Waals surface area contributed by atoms with Crippen LogP contribution in [0.5, 0.6) is 0 Å². The maximum Gasteiger partial charge on any atom is 0.191 e. The molecular formula is C21H36IN5O2S. The van der Waals surface area contributed by atoms with Gasteiger partial charge in [0.2, 0.25) is 0 Å². The predicted octanol–water partition coefficient (Wildman–Crippen LogP) is 1.73. The number of guanidine groups is 1. The predicted molar refractivity (Wildman–Crippen MR) is 134 cm³/mol. The van der Waals surface area contributed by atoms with Gasteiger partial charge in [-0.25, -0.2) is 8.42 Å². The number of hydrogen-bond acceptors (Lipinski definition) is 5. The summed E-state index contributed by atoms with van der Waals surface area (Å²) < 4.78 is 23.4. The number of halogens is 1. The van der Waals surface area contributed by atoms with Crippen molar-refractivity contribution in [3.8, 4) is 0 Å². The summed E-state index contributed by atoms with van der Waals surface area (Å²) in [5, 5.41) is 6.53. The highest BCUT2D eigenvalue weighted by atomic mass is 127. The first-order chi connectivity index (χ1) is 14.0. The lowest BCUT2D eigenvalue weighted by Gasteiger charge is -2.40. The fourth-order valence-corrected chi connectivity index (χ4v) is 5.78. The first kappa shape index (κ1) is 25.4. The molecule has 0 spiro atoms. The van der Waals surface area contributed by atoms with Crippen molar-refractivity contribution in [1.29, 1.82) is 0 Å². The molecule has 7 nitrogen and oxygen atoms in total. The molecule has 2 aliphatic rings. The zero-order valence-electron chi connectivity index (χ0n) is 18.1. The number of piperazine rings is 1. The van der Waals surface area contributed by atoms with E-state index < -0.39 is 9.84 Å². The van der Waals surface area contributed by atoms with E-state index in [2.05, 4.69) is 62.8 Å². The second kappa shape index (κ2) is 12.2. The fraction of sp³-hybridized carbons (Fsp3) is 0.667. The van der Waals surface area contributed by atoms with E-state index in [4.69, 9.17) is 0 Å². The van der Waals surface area contributed by atoms with Gasteiger partial charge in [-0.2, -0.15) is 0 Å². The van der Waals surface area contributed by atoms with Crippen LogP contribution in [0.25, 0.3) is 0 Å². The highest BCUT2D eigenvalue weighted by Gasteiger charge is 2.28. The van der Waals surface area contributed by atoms with Gasteiger partial charge >= 0.3 is 0 Å². The Hall–Kier alpha value is -0.910. The molecular weight excluding hydrogens is 513 g/mol. The SMILES string of the molecule is CCNC(=NCCCN1CCN(C)CC1c1ccccc1)NC1CCS(=O)(=O)C1.I. The summed E-state index contributed by atoms with van der Waals surface area (Å²) in [5.74, 6) is 1.21. The summed E-state index contributed by atoms with van der Waals surface area (Å²) in [6.45, 7) is 7.73. The van der Waals surface area contributed by atoms with Crippen LogP contribution in [0.4, 0.5) is 0 Å². The average Bonchev–Trinajstić information content (AvgIpc) is 3.05. The smallest absolute Gasteiger partial charge is 0.191 e. The second-order valence-electron chi connectivity index (χ2n) is 8.08. The number of rotatable bonds is 7. The van der Waals surface area contributed by atoms with Crippen molar-refractivity contribution in [3.63, 3.8) is 0 Å². The van der Waals surface area contributed by atoms with Gasteiger partial charge in [0.25, 0.3) is 0 Å². The van der Waals surface area contributed by atoms with Crippen LogP contribution in [0.3, 0.4) is 0 Å². The average molecular weight is 550 g/mol. The molecule has 2 unspecified atom stereocenters. The van der Waals surface area contributed by atoms with Crippen LogP contribution in [-0.4, -0.2) is 88.0 Å². The van der Waals surface area contributed by atoms with E-state index in [0.717, 1.165) is 51.6 Å². The molecule has 0 aromatic heterocycles. The van der Waals surface area contributed by atoms with Gasteiger partial charge in [-0.1, -0.05) is 30.3 Å². The van der Waals surface area contributed by atoms with E-state index in [1.165, 1.54) is 5.56 Å². The Kier molecular flexibility index (Phi) is 10.3. The molecule has 2 saturated heterocycles. The molecule has 9 heteroatoms. The first-order valence-electron chi connectivity index (χ1n) is 10.7. The highest BCUT2D eigenvalue weighted by Crippen LogP contribution is 2.24. The molecule has 0 aliphatic carbocycles. The number of sulfone groups is 1. The molecule has 2 heterocycles. The fourth-order valence-electron chi connectivity index (χ4n) is 4.10. The number of aliphatic imine (C=N–C) groups is 1. The Bertz CT molecular complexity index is 775. The third-order valence-electron chi connectivity index (χ3n) is 5.67. The van der Waals surface area contributed by atoms with Crippen molar-refractivity contribution in [2.24, 2.45) is 4.99 Å². The Balaban J connectivity index is 0.00000320. The molecule has 2 N–H and O–H groups in total. The normalized spacial score (nSPS) is 24.9. The van der Waals surface area contributed by atoms with Gasteiger partial charge in [0.15, 0.2) is 15.8 Å². The molecule has 0 saturated carbocycles. The van der Waals surface area contributed by atoms with Crippen LogP contribution in [0.2, 0.25) is 0 Å². The van der Waals surface area contributed by atoms with Crippen molar-refractivity contribution in [3.05, 3.63) is 35.9 Å². The van der Waals surface area contributed by atoms with Crippen molar-refractivity contribution >= 4 is 39.8 Å². The quantitative estimate of drug-likeness (QED) is 0.234. The Morgan fingerprint density at radius 1 is 1.23 bits per heavy atom. The molecule has 30 heavy (non-hydrogen) atoms. The summed E-state index contributed by atoms with van der Waals surface area (Å²) >= 11 is 0. The van der Waals surface area contributed by atoms with Crippen LogP contribution in [-0.2, 0) is 9.84 Å². The molecule has 0 bridgehead atoms. The van der Waals surface area contributed by atoms with Crippen LogP contribution in [0.15, 0.2) is 35.3 Å². The third kappa shape index (κ3) is 7.65. The third-order valence-corrected chi connectivity index (χ3v) is 7.44. The Morgan fingerprint density at radius 2 is 2.00 bits per heavy atom. The largest absolute Gasteiger partial charge is 0.357 e. The zero-order chi connectivity index (χ0) is 20.7. The summed E-state index contributed by atoms with van der Waals surface area (Å²) in [6.07, 6.45) is 1.64. The summed E-state index contributed by atoms with van der Waals surface area (Å²) in [7, 11) is -0.699. The van der Waals surface area contributed by atoms with Crippen LogP contribution >= 0.6 is 24.0 Å². The molecule has 2 aliphatic heterocycles. The van der Waals surface area contributed by atoms with Gasteiger partial charge < -0.3 is 15.5 Å². The number of nitrogens with one attached hydrogen (secondary N) is 2. The maximum absolute atomic E-state index is 11.7. The lowest BCUT2D eigenvalue weighted by atomic mass is 10.0. The van der Waals surface area contributed by atoms with Crippen LogP contribution in [0, 0.1) is 0 Å². The monoisotopic (exact) mass is 549 g/mol. The zero-order valence-corrected chi connectivity index (χ0v) is 21.2.